The monoisotopic (exact) mass is 805 g/mol. The molecule has 0 aliphatic rings. The highest BCUT2D eigenvalue weighted by Crippen LogP contribution is 2.15. The summed E-state index contributed by atoms with van der Waals surface area (Å²) in [5.74, 6) is -2.54. The number of rotatable bonds is 31. The number of amides is 6. The largest absolute Gasteiger partial charge is 0.368 e. The summed E-state index contributed by atoms with van der Waals surface area (Å²) in [6.07, 6.45) is 15.1. The molecule has 0 saturated heterocycles. The standard InChI is InChI=1S/C46H72N6O6/c1-5-33(3)41(45(57)49-37(43(47)55)31-35-25-19-17-20-26-35)51-39(53)29-23-15-13-11-9-7-8-10-12-14-16-24-30-40(54)52-42(34(4)6-2)46(58)50-38(44(48)56)32-36-27-21-18-22-28-36/h17-22,25-28,33-34,37-38,41-42H,5-16,23-24,29-32H2,1-4H3,(H2,47,55)(H2,48,56)(H,49,57)(H,50,58)(H,51,53)(H,52,54)/t33-,34-,37-,38-,41-,42-/m0/s1. The lowest BCUT2D eigenvalue weighted by atomic mass is 9.97. The van der Waals surface area contributed by atoms with E-state index in [1.807, 2.05) is 88.4 Å². The predicted molar refractivity (Wildman–Crippen MR) is 230 cm³/mol. The van der Waals surface area contributed by atoms with Crippen molar-refractivity contribution in [2.24, 2.45) is 23.3 Å². The van der Waals surface area contributed by atoms with E-state index in [0.29, 0.717) is 25.7 Å². The number of carbonyl (C=O) groups excluding carboxylic acids is 6. The summed E-state index contributed by atoms with van der Waals surface area (Å²) in [5, 5.41) is 11.3. The Morgan fingerprint density at radius 1 is 0.466 bits per heavy atom. The molecule has 12 heteroatoms. The van der Waals surface area contributed by atoms with Gasteiger partial charge in [-0.15, -0.1) is 0 Å². The van der Waals surface area contributed by atoms with Crippen LogP contribution in [0.4, 0.5) is 0 Å². The molecule has 0 bridgehead atoms. The van der Waals surface area contributed by atoms with E-state index >= 15 is 0 Å². The van der Waals surface area contributed by atoms with E-state index in [0.717, 1.165) is 75.3 Å². The highest BCUT2D eigenvalue weighted by Gasteiger charge is 2.30. The van der Waals surface area contributed by atoms with Gasteiger partial charge in [0.2, 0.25) is 35.4 Å². The van der Waals surface area contributed by atoms with Crippen molar-refractivity contribution in [2.45, 2.75) is 167 Å². The summed E-state index contributed by atoms with van der Waals surface area (Å²) in [4.78, 5) is 76.2. The molecule has 0 fully saturated rings. The molecule has 2 aromatic carbocycles. The predicted octanol–water partition coefficient (Wildman–Crippen LogP) is 5.94. The van der Waals surface area contributed by atoms with Crippen LogP contribution in [0.3, 0.4) is 0 Å². The molecule has 0 heterocycles. The van der Waals surface area contributed by atoms with Crippen molar-refractivity contribution in [2.75, 3.05) is 0 Å². The van der Waals surface area contributed by atoms with Crippen LogP contribution in [0, 0.1) is 11.8 Å². The van der Waals surface area contributed by atoms with Gasteiger partial charge in [-0.3, -0.25) is 28.8 Å². The van der Waals surface area contributed by atoms with E-state index in [1.165, 1.54) is 12.8 Å². The first-order valence-electron chi connectivity index (χ1n) is 21.7. The minimum Gasteiger partial charge on any atom is -0.368 e. The van der Waals surface area contributed by atoms with Gasteiger partial charge in [0.25, 0.3) is 0 Å². The topological polar surface area (TPSA) is 203 Å². The van der Waals surface area contributed by atoms with E-state index in [1.54, 1.807) is 0 Å². The average Bonchev–Trinajstić information content (AvgIpc) is 3.21. The minimum absolute atomic E-state index is 0.105. The van der Waals surface area contributed by atoms with E-state index in [2.05, 4.69) is 21.3 Å². The van der Waals surface area contributed by atoms with Crippen molar-refractivity contribution < 1.29 is 28.8 Å². The van der Waals surface area contributed by atoms with Crippen LogP contribution in [-0.2, 0) is 41.6 Å². The number of hydrogen-bond acceptors (Lipinski definition) is 6. The van der Waals surface area contributed by atoms with Gasteiger partial charge in [0, 0.05) is 25.7 Å². The van der Waals surface area contributed by atoms with E-state index in [-0.39, 0.29) is 36.5 Å². The van der Waals surface area contributed by atoms with E-state index in [4.69, 9.17) is 11.5 Å². The first kappa shape index (κ1) is 49.4. The number of nitrogens with two attached hydrogens (primary N) is 2. The summed E-state index contributed by atoms with van der Waals surface area (Å²) in [6.45, 7) is 7.75. The Balaban J connectivity index is 1.56. The molecule has 0 aromatic heterocycles. The second kappa shape index (κ2) is 28.6. The van der Waals surface area contributed by atoms with Crippen molar-refractivity contribution in [1.29, 1.82) is 0 Å². The molecule has 0 unspecified atom stereocenters. The first-order chi connectivity index (χ1) is 27.9. The normalized spacial score (nSPS) is 14.2. The van der Waals surface area contributed by atoms with Gasteiger partial charge in [-0.1, -0.05) is 165 Å². The maximum atomic E-state index is 13.2. The maximum Gasteiger partial charge on any atom is 0.243 e. The smallest absolute Gasteiger partial charge is 0.243 e. The van der Waals surface area contributed by atoms with Crippen molar-refractivity contribution in [3.05, 3.63) is 71.8 Å². The van der Waals surface area contributed by atoms with Crippen molar-refractivity contribution in [1.82, 2.24) is 21.3 Å². The molecule has 0 aliphatic heterocycles. The van der Waals surface area contributed by atoms with Crippen LogP contribution in [0.15, 0.2) is 60.7 Å². The van der Waals surface area contributed by atoms with Crippen LogP contribution < -0.4 is 32.7 Å². The third-order valence-corrected chi connectivity index (χ3v) is 11.1. The summed E-state index contributed by atoms with van der Waals surface area (Å²) in [7, 11) is 0. The van der Waals surface area contributed by atoms with E-state index in [9.17, 15) is 28.8 Å². The van der Waals surface area contributed by atoms with Crippen molar-refractivity contribution in [3.63, 3.8) is 0 Å². The first-order valence-corrected chi connectivity index (χ1v) is 21.7. The molecule has 12 nitrogen and oxygen atoms in total. The summed E-state index contributed by atoms with van der Waals surface area (Å²) in [6, 6.07) is 15.5. The zero-order chi connectivity index (χ0) is 42.7. The zero-order valence-electron chi connectivity index (χ0n) is 35.6. The van der Waals surface area contributed by atoms with Crippen molar-refractivity contribution in [3.8, 4) is 0 Å². The SMILES string of the molecule is CC[C@H](C)[C@H](NC(=O)CCCCCCCCCCCCCCC(=O)N[C@H](C(=O)N[C@@H](Cc1ccccc1)C(N)=O)[C@@H](C)CC)C(=O)N[C@@H](Cc1ccccc1)C(N)=O. The molecule has 58 heavy (non-hydrogen) atoms. The molecule has 8 N–H and O–H groups in total. The van der Waals surface area contributed by atoms with Crippen LogP contribution in [-0.4, -0.2) is 59.6 Å². The van der Waals surface area contributed by atoms with Crippen LogP contribution in [0.5, 0.6) is 0 Å². The Morgan fingerprint density at radius 3 is 1.03 bits per heavy atom. The van der Waals surface area contributed by atoms with Gasteiger partial charge in [0.05, 0.1) is 0 Å². The highest BCUT2D eigenvalue weighted by atomic mass is 16.2. The second-order valence-electron chi connectivity index (χ2n) is 15.9. The van der Waals surface area contributed by atoms with Gasteiger partial charge in [-0.2, -0.15) is 0 Å². The molecule has 0 radical (unpaired) electrons. The Kier molecular flexibility index (Phi) is 24.4. The number of hydrogen-bond donors (Lipinski definition) is 6. The lowest BCUT2D eigenvalue weighted by molar-refractivity contribution is -0.132. The number of unbranched alkanes of at least 4 members (excludes halogenated alkanes) is 11. The summed E-state index contributed by atoms with van der Waals surface area (Å²) in [5.41, 5.74) is 13.0. The molecule has 0 aliphatic carbocycles. The lowest BCUT2D eigenvalue weighted by Gasteiger charge is -2.26. The fourth-order valence-corrected chi connectivity index (χ4v) is 6.90. The van der Waals surface area contributed by atoms with Crippen LogP contribution >= 0.6 is 0 Å². The summed E-state index contributed by atoms with van der Waals surface area (Å²) >= 11 is 0. The van der Waals surface area contributed by atoms with Gasteiger partial charge in [-0.05, 0) is 35.8 Å². The minimum atomic E-state index is -0.863. The molecule has 2 rings (SSSR count). The molecule has 0 spiro atoms. The molecule has 6 atom stereocenters. The van der Waals surface area contributed by atoms with Gasteiger partial charge in [0.1, 0.15) is 24.2 Å². The zero-order valence-corrected chi connectivity index (χ0v) is 35.6. The lowest BCUT2D eigenvalue weighted by Crippen LogP contribution is -2.55. The molecule has 2 aromatic rings. The van der Waals surface area contributed by atoms with Gasteiger partial charge in [0.15, 0.2) is 0 Å². The van der Waals surface area contributed by atoms with Crippen LogP contribution in [0.2, 0.25) is 0 Å². The third kappa shape index (κ3) is 20.1. The number of benzene rings is 2. The third-order valence-electron chi connectivity index (χ3n) is 11.1. The summed E-state index contributed by atoms with van der Waals surface area (Å²) < 4.78 is 0. The van der Waals surface area contributed by atoms with Crippen molar-refractivity contribution >= 4 is 35.4 Å². The second-order valence-corrected chi connectivity index (χ2v) is 15.9. The molecule has 6 amide bonds. The quantitative estimate of drug-likeness (QED) is 0.0510. The van der Waals surface area contributed by atoms with Crippen LogP contribution in [0.25, 0.3) is 0 Å². The number of nitrogens with one attached hydrogen (secondary N) is 4. The fourth-order valence-electron chi connectivity index (χ4n) is 6.90. The van der Waals surface area contributed by atoms with Gasteiger partial charge in [-0.25, -0.2) is 0 Å². The molecule has 0 saturated carbocycles. The maximum absolute atomic E-state index is 13.2. The Labute approximate surface area is 347 Å². The Morgan fingerprint density at radius 2 is 0.759 bits per heavy atom. The molecular weight excluding hydrogens is 733 g/mol. The fraction of sp³-hybridized carbons (Fsp3) is 0.609. The Bertz CT molecular complexity index is 1410. The number of carbonyl (C=O) groups is 6. The average molecular weight is 805 g/mol. The number of primary amides is 2. The van der Waals surface area contributed by atoms with Gasteiger partial charge < -0.3 is 32.7 Å². The molecule has 322 valence electrons. The molecular formula is C46H72N6O6. The highest BCUT2D eigenvalue weighted by molar-refractivity contribution is 5.93. The van der Waals surface area contributed by atoms with Gasteiger partial charge >= 0.3 is 0 Å². The Hall–Kier alpha value is -4.74. The van der Waals surface area contributed by atoms with E-state index < -0.39 is 47.8 Å². The van der Waals surface area contributed by atoms with Crippen LogP contribution in [0.1, 0.15) is 142 Å².